The molecule has 1 rings (SSSR count). The molecule has 1 aromatic rings. The summed E-state index contributed by atoms with van der Waals surface area (Å²) >= 11 is 0. The number of likely N-dealkylation sites (N-methyl/N-ethyl adjacent to an activating group) is 1. The van der Waals surface area contributed by atoms with E-state index in [4.69, 9.17) is 18.9 Å². The second-order valence-corrected chi connectivity index (χ2v) is 5.57. The van der Waals surface area contributed by atoms with Gasteiger partial charge in [-0.1, -0.05) is 0 Å². The van der Waals surface area contributed by atoms with Gasteiger partial charge in [0.25, 0.3) is 0 Å². The lowest BCUT2D eigenvalue weighted by Gasteiger charge is -2.26. The van der Waals surface area contributed by atoms with Crippen molar-refractivity contribution in [2.45, 2.75) is 6.04 Å². The molecule has 0 heterocycles. The van der Waals surface area contributed by atoms with Gasteiger partial charge in [-0.3, -0.25) is 0 Å². The van der Waals surface area contributed by atoms with Gasteiger partial charge in [0.15, 0.2) is 11.5 Å². The number of carbonyl (C=O) groups excluding carboxylic acids is 1. The van der Waals surface area contributed by atoms with E-state index in [1.807, 2.05) is 31.1 Å². The predicted octanol–water partition coefficient (Wildman–Crippen LogP) is 1.26. The highest BCUT2D eigenvalue weighted by Crippen LogP contribution is 2.40. The van der Waals surface area contributed by atoms with E-state index in [9.17, 15) is 4.79 Å². The van der Waals surface area contributed by atoms with Crippen LogP contribution in [0.2, 0.25) is 0 Å². The number of nitrogens with one attached hydrogen (secondary N) is 2. The highest BCUT2D eigenvalue weighted by Gasteiger charge is 2.21. The first-order valence-electron chi connectivity index (χ1n) is 7.95. The molecule has 1 atom stereocenters. The van der Waals surface area contributed by atoms with E-state index in [1.54, 1.807) is 28.4 Å². The van der Waals surface area contributed by atoms with E-state index < -0.39 is 0 Å². The Labute approximate surface area is 149 Å². The lowest BCUT2D eigenvalue weighted by molar-refractivity contribution is 0.194. The van der Waals surface area contributed by atoms with Crippen molar-refractivity contribution in [1.29, 1.82) is 0 Å². The quantitative estimate of drug-likeness (QED) is 0.615. The van der Waals surface area contributed by atoms with Gasteiger partial charge in [0.2, 0.25) is 5.75 Å². The van der Waals surface area contributed by atoms with Crippen molar-refractivity contribution < 1.29 is 23.7 Å². The fraction of sp³-hybridized carbons (Fsp3) is 0.588. The van der Waals surface area contributed by atoms with Crippen molar-refractivity contribution in [3.05, 3.63) is 17.7 Å². The van der Waals surface area contributed by atoms with Crippen molar-refractivity contribution in [1.82, 2.24) is 15.5 Å². The molecule has 142 valence electrons. The SMILES string of the molecule is COCCNC(=O)NCC(c1cc(OC)c(OC)c(OC)c1)N(C)C. The van der Waals surface area contributed by atoms with Gasteiger partial charge in [-0.05, 0) is 31.8 Å². The number of amides is 2. The number of urea groups is 1. The van der Waals surface area contributed by atoms with Crippen molar-refractivity contribution in [2.75, 3.05) is 62.2 Å². The number of methoxy groups -OCH3 is 4. The van der Waals surface area contributed by atoms with Crippen molar-refractivity contribution in [3.63, 3.8) is 0 Å². The Hall–Kier alpha value is -2.19. The minimum Gasteiger partial charge on any atom is -0.493 e. The number of ether oxygens (including phenoxy) is 4. The number of nitrogens with zero attached hydrogens (tertiary/aromatic N) is 1. The van der Waals surface area contributed by atoms with Crippen LogP contribution in [-0.4, -0.2) is 73.2 Å². The third kappa shape index (κ3) is 5.99. The van der Waals surface area contributed by atoms with Crippen LogP contribution in [-0.2, 0) is 4.74 Å². The first-order valence-corrected chi connectivity index (χ1v) is 7.95. The highest BCUT2D eigenvalue weighted by molar-refractivity contribution is 5.73. The van der Waals surface area contributed by atoms with Gasteiger partial charge in [-0.2, -0.15) is 0 Å². The summed E-state index contributed by atoms with van der Waals surface area (Å²) in [6, 6.07) is 3.46. The molecular weight excluding hydrogens is 326 g/mol. The molecule has 0 saturated carbocycles. The highest BCUT2D eigenvalue weighted by atomic mass is 16.5. The van der Waals surface area contributed by atoms with E-state index in [-0.39, 0.29) is 12.1 Å². The maximum atomic E-state index is 11.9. The van der Waals surface area contributed by atoms with Crippen LogP contribution in [0.4, 0.5) is 4.79 Å². The van der Waals surface area contributed by atoms with E-state index in [1.165, 1.54) is 0 Å². The third-order valence-electron chi connectivity index (χ3n) is 3.74. The molecule has 0 spiro atoms. The van der Waals surface area contributed by atoms with Gasteiger partial charge in [0, 0.05) is 20.2 Å². The molecule has 25 heavy (non-hydrogen) atoms. The lowest BCUT2D eigenvalue weighted by Crippen LogP contribution is -2.41. The maximum absolute atomic E-state index is 11.9. The topological polar surface area (TPSA) is 81.3 Å². The summed E-state index contributed by atoms with van der Waals surface area (Å²) in [6.45, 7) is 1.35. The summed E-state index contributed by atoms with van der Waals surface area (Å²) in [5.41, 5.74) is 0.941. The van der Waals surface area contributed by atoms with E-state index in [2.05, 4.69) is 10.6 Å². The Morgan fingerprint density at radius 2 is 1.64 bits per heavy atom. The van der Waals surface area contributed by atoms with Gasteiger partial charge in [-0.25, -0.2) is 4.79 Å². The Kier molecular flexibility index (Phi) is 8.87. The molecule has 1 aromatic carbocycles. The average Bonchev–Trinajstić information content (AvgIpc) is 2.60. The second kappa shape index (κ2) is 10.6. The Balaban J connectivity index is 2.93. The number of benzene rings is 1. The Morgan fingerprint density at radius 1 is 1.04 bits per heavy atom. The fourth-order valence-corrected chi connectivity index (χ4v) is 2.41. The van der Waals surface area contributed by atoms with Gasteiger partial charge in [0.05, 0.1) is 34.0 Å². The Bertz CT molecular complexity index is 526. The van der Waals surface area contributed by atoms with Crippen LogP contribution in [0, 0.1) is 0 Å². The van der Waals surface area contributed by atoms with Crippen LogP contribution in [0.25, 0.3) is 0 Å². The molecule has 2 amide bonds. The number of carbonyl (C=O) groups is 1. The molecular formula is C17H29N3O5. The van der Waals surface area contributed by atoms with Crippen LogP contribution in [0.15, 0.2) is 12.1 Å². The molecule has 0 aliphatic rings. The normalized spacial score (nSPS) is 11.8. The maximum Gasteiger partial charge on any atom is 0.314 e. The molecule has 2 N–H and O–H groups in total. The molecule has 8 heteroatoms. The monoisotopic (exact) mass is 355 g/mol. The van der Waals surface area contributed by atoms with Gasteiger partial charge >= 0.3 is 6.03 Å². The summed E-state index contributed by atoms with van der Waals surface area (Å²) in [7, 11) is 10.2. The zero-order valence-corrected chi connectivity index (χ0v) is 15.8. The second-order valence-electron chi connectivity index (χ2n) is 5.57. The first kappa shape index (κ1) is 20.9. The molecule has 1 unspecified atom stereocenters. The van der Waals surface area contributed by atoms with Gasteiger partial charge in [-0.15, -0.1) is 0 Å². The lowest BCUT2D eigenvalue weighted by atomic mass is 10.0. The zero-order valence-electron chi connectivity index (χ0n) is 15.8. The molecule has 0 saturated heterocycles. The number of hydrogen-bond donors (Lipinski definition) is 2. The minimum absolute atomic E-state index is 0.0677. The summed E-state index contributed by atoms with van der Waals surface area (Å²) < 4.78 is 21.1. The molecule has 0 bridgehead atoms. The molecule has 8 nitrogen and oxygen atoms in total. The molecule has 0 aliphatic heterocycles. The smallest absolute Gasteiger partial charge is 0.314 e. The number of hydrogen-bond acceptors (Lipinski definition) is 6. The van der Waals surface area contributed by atoms with Crippen molar-refractivity contribution >= 4 is 6.03 Å². The van der Waals surface area contributed by atoms with Crippen molar-refractivity contribution in [3.8, 4) is 17.2 Å². The largest absolute Gasteiger partial charge is 0.493 e. The fourth-order valence-electron chi connectivity index (χ4n) is 2.41. The third-order valence-corrected chi connectivity index (χ3v) is 3.74. The van der Waals surface area contributed by atoms with Crippen LogP contribution in [0.3, 0.4) is 0 Å². The van der Waals surface area contributed by atoms with E-state index in [0.717, 1.165) is 5.56 Å². The predicted molar refractivity (Wildman–Crippen MR) is 95.8 cm³/mol. The minimum atomic E-state index is -0.239. The van der Waals surface area contributed by atoms with Crippen LogP contribution in [0.5, 0.6) is 17.2 Å². The van der Waals surface area contributed by atoms with Gasteiger partial charge in [0.1, 0.15) is 0 Å². The van der Waals surface area contributed by atoms with E-state index >= 15 is 0 Å². The molecule has 0 radical (unpaired) electrons. The molecule has 0 fully saturated rings. The van der Waals surface area contributed by atoms with Crippen LogP contribution >= 0.6 is 0 Å². The van der Waals surface area contributed by atoms with Crippen LogP contribution < -0.4 is 24.8 Å². The summed E-state index contributed by atoms with van der Waals surface area (Å²) in [4.78, 5) is 13.9. The Morgan fingerprint density at radius 3 is 2.08 bits per heavy atom. The molecule has 0 aromatic heterocycles. The number of rotatable bonds is 10. The molecule has 0 aliphatic carbocycles. The summed E-state index contributed by atoms with van der Waals surface area (Å²) in [5.74, 6) is 1.69. The zero-order chi connectivity index (χ0) is 18.8. The standard InChI is InChI=1S/C17H29N3O5/c1-20(2)13(11-19-17(21)18-7-8-22-3)12-9-14(23-4)16(25-6)15(10-12)24-5/h9-10,13H,7-8,11H2,1-6H3,(H2,18,19,21). The summed E-state index contributed by atoms with van der Waals surface area (Å²) in [6.07, 6.45) is 0. The first-order chi connectivity index (χ1) is 12.0. The van der Waals surface area contributed by atoms with Crippen molar-refractivity contribution in [2.24, 2.45) is 0 Å². The summed E-state index contributed by atoms with van der Waals surface area (Å²) in [5, 5.41) is 5.59. The van der Waals surface area contributed by atoms with Crippen LogP contribution in [0.1, 0.15) is 11.6 Å². The van der Waals surface area contributed by atoms with E-state index in [0.29, 0.717) is 36.9 Å². The average molecular weight is 355 g/mol. The van der Waals surface area contributed by atoms with Gasteiger partial charge < -0.3 is 34.5 Å².